The zero-order valence-electron chi connectivity index (χ0n) is 34.4. The van der Waals surface area contributed by atoms with Crippen LogP contribution in [0.25, 0.3) is 22.3 Å². The first-order chi connectivity index (χ1) is 29.0. The minimum absolute atomic E-state index is 0.0123. The molecule has 0 radical (unpaired) electrons. The number of nitrogens with one attached hydrogen (secondary N) is 1. The maximum atomic E-state index is 14.4. The Hall–Kier alpha value is -2.69. The molecule has 3 aliphatic rings. The monoisotopic (exact) mass is 897 g/mol. The molecule has 6 atom stereocenters. The Morgan fingerprint density at radius 2 is 1.73 bits per heavy atom. The molecule has 1 aliphatic carbocycles. The van der Waals surface area contributed by atoms with Crippen LogP contribution in [0.3, 0.4) is 0 Å². The van der Waals surface area contributed by atoms with Crippen molar-refractivity contribution in [2.24, 2.45) is 11.8 Å². The highest BCUT2D eigenvalue weighted by atomic mass is 33.1. The van der Waals surface area contributed by atoms with Gasteiger partial charge in [-0.3, -0.25) is 4.79 Å². The summed E-state index contributed by atoms with van der Waals surface area (Å²) in [5.41, 5.74) is 4.12. The van der Waals surface area contributed by atoms with Crippen molar-refractivity contribution in [1.82, 2.24) is 5.32 Å². The number of phenols is 2. The number of hydrogen-bond acceptors (Lipinski definition) is 14. The Morgan fingerprint density at radius 3 is 2.55 bits per heavy atom. The van der Waals surface area contributed by atoms with Crippen LogP contribution in [0.4, 0.5) is 0 Å². The minimum atomic E-state index is -0.884. The van der Waals surface area contributed by atoms with Gasteiger partial charge in [-0.25, -0.2) is 0 Å². The van der Waals surface area contributed by atoms with Crippen molar-refractivity contribution in [2.75, 3.05) is 23.9 Å². The number of rotatable bonds is 9. The quantitative estimate of drug-likeness (QED) is 0.0793. The average Bonchev–Trinajstić information content (AvgIpc) is 3.26. The second-order valence-electron chi connectivity index (χ2n) is 17.0. The molecule has 1 saturated carbocycles. The summed E-state index contributed by atoms with van der Waals surface area (Å²) in [7, 11) is 6.66. The van der Waals surface area contributed by atoms with Crippen LogP contribution in [0.1, 0.15) is 105 Å². The van der Waals surface area contributed by atoms with Gasteiger partial charge >= 0.3 is 0 Å². The number of hydrogen-bond donors (Lipinski definition) is 7. The smallest absolute Gasteiger partial charge is 0.238 e. The number of ether oxygens (including phenoxy) is 1. The molecule has 7 N–H and O–H groups in total. The van der Waals surface area contributed by atoms with Gasteiger partial charge in [-0.15, -0.1) is 0 Å². The van der Waals surface area contributed by atoms with Gasteiger partial charge in [0.25, 0.3) is 0 Å². The number of benzene rings is 3. The lowest BCUT2D eigenvalue weighted by atomic mass is 9.83. The third-order valence-electron chi connectivity index (χ3n) is 12.0. The van der Waals surface area contributed by atoms with E-state index in [0.29, 0.717) is 72.3 Å². The Bertz CT molecular complexity index is 2150. The Labute approximate surface area is 368 Å². The van der Waals surface area contributed by atoms with Crippen molar-refractivity contribution in [3.05, 3.63) is 80.5 Å². The molecule has 7 rings (SSSR count). The Morgan fingerprint density at radius 1 is 0.900 bits per heavy atom. The third-order valence-corrected chi connectivity index (χ3v) is 16.8. The van der Waals surface area contributed by atoms with E-state index in [1.807, 2.05) is 6.07 Å². The van der Waals surface area contributed by atoms with Gasteiger partial charge in [0.15, 0.2) is 5.76 Å². The number of aromatic hydroxyl groups is 3. The van der Waals surface area contributed by atoms with Gasteiger partial charge < -0.3 is 45.1 Å². The molecule has 3 aromatic carbocycles. The summed E-state index contributed by atoms with van der Waals surface area (Å²) in [4.78, 5) is 14.4. The molecule has 0 amide bonds. The van der Waals surface area contributed by atoms with Gasteiger partial charge in [0.05, 0.1) is 12.2 Å². The number of aliphatic hydroxyl groups is 3. The highest BCUT2D eigenvalue weighted by Gasteiger charge is 2.30. The zero-order chi connectivity index (χ0) is 42.3. The molecule has 6 unspecified atom stereocenters. The van der Waals surface area contributed by atoms with Gasteiger partial charge in [-0.2, -0.15) is 0 Å². The molecule has 2 aliphatic heterocycles. The van der Waals surface area contributed by atoms with Crippen LogP contribution < -0.4 is 15.5 Å². The summed E-state index contributed by atoms with van der Waals surface area (Å²) in [5.74, 6) is 2.62. The zero-order valence-corrected chi connectivity index (χ0v) is 37.7. The average molecular weight is 898 g/mol. The van der Waals surface area contributed by atoms with E-state index in [1.165, 1.54) is 17.7 Å². The van der Waals surface area contributed by atoms with E-state index in [1.54, 1.807) is 43.2 Å². The van der Waals surface area contributed by atoms with Crippen LogP contribution >= 0.6 is 43.2 Å². The molecule has 1 saturated heterocycles. The molecule has 4 aromatic rings. The summed E-state index contributed by atoms with van der Waals surface area (Å²) < 4.78 is 12.8. The molecule has 3 heterocycles. The van der Waals surface area contributed by atoms with Gasteiger partial charge in [-0.05, 0) is 91.5 Å². The van der Waals surface area contributed by atoms with Crippen molar-refractivity contribution >= 4 is 54.1 Å². The van der Waals surface area contributed by atoms with E-state index in [4.69, 9.17) is 9.15 Å². The van der Waals surface area contributed by atoms with Crippen molar-refractivity contribution in [3.8, 4) is 34.3 Å². The fraction of sp³-hybridized carbons (Fsp3) is 0.543. The maximum Gasteiger partial charge on any atom is 0.238 e. The molecule has 2 bridgehead atoms. The highest BCUT2D eigenvalue weighted by Crippen LogP contribution is 2.46. The molecule has 60 heavy (non-hydrogen) atoms. The first-order valence-corrected chi connectivity index (χ1v) is 26.3. The van der Waals surface area contributed by atoms with Crippen LogP contribution in [0.2, 0.25) is 0 Å². The molecule has 2 fully saturated rings. The van der Waals surface area contributed by atoms with E-state index in [2.05, 4.69) is 43.4 Å². The third kappa shape index (κ3) is 11.1. The van der Waals surface area contributed by atoms with Gasteiger partial charge in [0.1, 0.15) is 34.3 Å². The summed E-state index contributed by atoms with van der Waals surface area (Å²) in [6, 6.07) is 13.5. The van der Waals surface area contributed by atoms with Crippen LogP contribution in [0.5, 0.6) is 23.0 Å². The number of fused-ring (bicyclic) bond motifs is 4. The molecular weight excluding hydrogens is 839 g/mol. The van der Waals surface area contributed by atoms with Crippen LogP contribution in [0, 0.1) is 11.8 Å². The summed E-state index contributed by atoms with van der Waals surface area (Å²) in [5, 5.41) is 70.2. The standard InChI is InChI=1S/C46H59NO9S4/c1-26(2)16-30-20-35(36-24-59-60-25-37(47-31-9-4-6-27(18-31)13-14-48)29-8-3-7-28(17-29)19-34(36)43(30)52)46-45(54)44(53)42-40(21-33(50)22-41(42)56-46)55-39-12-11-32(49)23-58-57-15-5-10-38(39)51/h3,7-8,17,20-22,26-27,31-32,37-39,47-52,54H,4-6,9-16,18-19,23-25H2,1-2H3. The highest BCUT2D eigenvalue weighted by molar-refractivity contribution is 8.76. The lowest BCUT2D eigenvalue weighted by Gasteiger charge is -2.33. The van der Waals surface area contributed by atoms with Crippen LogP contribution in [-0.4, -0.2) is 78.9 Å². The van der Waals surface area contributed by atoms with Crippen molar-refractivity contribution in [3.63, 3.8) is 0 Å². The topological polar surface area (TPSA) is 173 Å². The molecule has 10 nitrogen and oxygen atoms in total. The molecule has 0 spiro atoms. The largest absolute Gasteiger partial charge is 0.508 e. The predicted octanol–water partition coefficient (Wildman–Crippen LogP) is 9.26. The Balaban J connectivity index is 1.27. The lowest BCUT2D eigenvalue weighted by Crippen LogP contribution is -2.38. The summed E-state index contributed by atoms with van der Waals surface area (Å²) in [6.45, 7) is 4.37. The van der Waals surface area contributed by atoms with E-state index in [-0.39, 0.29) is 52.5 Å². The minimum Gasteiger partial charge on any atom is -0.508 e. The normalized spacial score (nSPS) is 24.6. The molecule has 14 heteroatoms. The Kier molecular flexibility index (Phi) is 16.0. The van der Waals surface area contributed by atoms with Crippen molar-refractivity contribution < 1.29 is 39.8 Å². The van der Waals surface area contributed by atoms with E-state index in [0.717, 1.165) is 61.2 Å². The first-order valence-electron chi connectivity index (χ1n) is 21.4. The predicted molar refractivity (Wildman–Crippen MR) is 248 cm³/mol. The van der Waals surface area contributed by atoms with E-state index in [9.17, 15) is 35.4 Å². The second kappa shape index (κ2) is 21.1. The maximum absolute atomic E-state index is 14.4. The molecular formula is C46H59NO9S4. The molecule has 1 aromatic heterocycles. The second-order valence-corrected chi connectivity index (χ2v) is 22.2. The van der Waals surface area contributed by atoms with Crippen LogP contribution in [0.15, 0.2) is 51.7 Å². The van der Waals surface area contributed by atoms with E-state index < -0.39 is 29.5 Å². The SMILES string of the molecule is CC(C)Cc1cc(-c2oc3cc(O)cc(OC4CCC(O)CSSCCCC4O)c3c(=O)c2O)c2c(c1O)Cc1cccc(c1)C(NC1CCCC(CCO)C1)CSSC2. The summed E-state index contributed by atoms with van der Waals surface area (Å²) in [6.07, 6.45) is 5.91. The first kappa shape index (κ1) is 45.3. The van der Waals surface area contributed by atoms with E-state index >= 15 is 0 Å². The van der Waals surface area contributed by atoms with Gasteiger partial charge in [-0.1, -0.05) is 94.1 Å². The molecule has 326 valence electrons. The fourth-order valence-electron chi connectivity index (χ4n) is 8.93. The fourth-order valence-corrected chi connectivity index (χ4v) is 13.6. The van der Waals surface area contributed by atoms with Crippen LogP contribution in [-0.2, 0) is 18.6 Å². The number of aliphatic hydroxyl groups excluding tert-OH is 3. The number of phenolic OH excluding ortho intramolecular Hbond substituents is 2. The van der Waals surface area contributed by atoms with Crippen molar-refractivity contribution in [2.45, 2.75) is 121 Å². The van der Waals surface area contributed by atoms with Gasteiger partial charge in [0.2, 0.25) is 11.2 Å². The van der Waals surface area contributed by atoms with Gasteiger partial charge in [0, 0.05) is 71.4 Å². The lowest BCUT2D eigenvalue weighted by molar-refractivity contribution is 0.0190. The van der Waals surface area contributed by atoms with Crippen molar-refractivity contribution in [1.29, 1.82) is 0 Å². The summed E-state index contributed by atoms with van der Waals surface area (Å²) >= 11 is 0.